The molecule has 132 valence electrons. The number of rotatable bonds is 7. The summed E-state index contributed by atoms with van der Waals surface area (Å²) in [5.41, 5.74) is 1.24. The molecular formula is C18H19ClN2O3S. The molecule has 7 heteroatoms. The zero-order valence-corrected chi connectivity index (χ0v) is 15.5. The Morgan fingerprint density at radius 2 is 1.80 bits per heavy atom. The van der Waals surface area contributed by atoms with Crippen molar-refractivity contribution in [2.24, 2.45) is 0 Å². The van der Waals surface area contributed by atoms with Crippen molar-refractivity contribution >= 4 is 46.6 Å². The first-order valence-electron chi connectivity index (χ1n) is 7.60. The fraction of sp³-hybridized carbons (Fsp3) is 0.222. The van der Waals surface area contributed by atoms with Gasteiger partial charge in [-0.3, -0.25) is 9.59 Å². The molecule has 25 heavy (non-hydrogen) atoms. The highest BCUT2D eigenvalue weighted by molar-refractivity contribution is 8.01. The van der Waals surface area contributed by atoms with Crippen LogP contribution >= 0.6 is 23.4 Å². The average molecular weight is 379 g/mol. The van der Waals surface area contributed by atoms with E-state index in [1.165, 1.54) is 11.8 Å². The lowest BCUT2D eigenvalue weighted by atomic mass is 10.3. The molecule has 0 aliphatic carbocycles. The van der Waals surface area contributed by atoms with E-state index in [-0.39, 0.29) is 17.6 Å². The van der Waals surface area contributed by atoms with Crippen molar-refractivity contribution in [1.29, 1.82) is 0 Å². The van der Waals surface area contributed by atoms with E-state index in [0.29, 0.717) is 16.4 Å². The topological polar surface area (TPSA) is 67.4 Å². The Balaban J connectivity index is 1.80. The molecule has 5 nitrogen and oxygen atoms in total. The van der Waals surface area contributed by atoms with Crippen molar-refractivity contribution in [3.8, 4) is 5.75 Å². The Morgan fingerprint density at radius 1 is 1.12 bits per heavy atom. The van der Waals surface area contributed by atoms with Gasteiger partial charge in [0.2, 0.25) is 11.8 Å². The summed E-state index contributed by atoms with van der Waals surface area (Å²) < 4.78 is 5.07. The molecule has 0 aliphatic rings. The van der Waals surface area contributed by atoms with E-state index in [1.54, 1.807) is 62.6 Å². The third kappa shape index (κ3) is 5.99. The van der Waals surface area contributed by atoms with Gasteiger partial charge in [0, 0.05) is 5.69 Å². The van der Waals surface area contributed by atoms with Gasteiger partial charge < -0.3 is 15.4 Å². The average Bonchev–Trinajstić information content (AvgIpc) is 2.62. The standard InChI is InChI=1S/C18H19ClN2O3S/c1-12(18(23)21-16-6-4-3-5-15(16)19)25-11-17(22)20-13-7-9-14(24-2)10-8-13/h3-10,12H,11H2,1-2H3,(H,20,22)(H,21,23). The van der Waals surface area contributed by atoms with Crippen molar-refractivity contribution in [2.75, 3.05) is 23.5 Å². The van der Waals surface area contributed by atoms with Crippen LogP contribution in [0.5, 0.6) is 5.75 Å². The zero-order chi connectivity index (χ0) is 18.2. The summed E-state index contributed by atoms with van der Waals surface area (Å²) in [4.78, 5) is 24.2. The molecule has 2 rings (SSSR count). The van der Waals surface area contributed by atoms with E-state index in [2.05, 4.69) is 10.6 Å². The lowest BCUT2D eigenvalue weighted by Crippen LogP contribution is -2.25. The molecule has 0 fully saturated rings. The summed E-state index contributed by atoms with van der Waals surface area (Å²) in [6.07, 6.45) is 0. The molecule has 0 aromatic heterocycles. The number of anilines is 2. The number of amides is 2. The molecule has 0 aliphatic heterocycles. The van der Waals surface area contributed by atoms with Crippen LogP contribution in [0.25, 0.3) is 0 Å². The minimum atomic E-state index is -0.391. The van der Waals surface area contributed by atoms with Crippen LogP contribution in [-0.2, 0) is 9.59 Å². The van der Waals surface area contributed by atoms with Crippen LogP contribution in [0.15, 0.2) is 48.5 Å². The van der Waals surface area contributed by atoms with Gasteiger partial charge in [-0.2, -0.15) is 0 Å². The SMILES string of the molecule is COc1ccc(NC(=O)CSC(C)C(=O)Nc2ccccc2Cl)cc1. The molecule has 0 bridgehead atoms. The van der Waals surface area contributed by atoms with Crippen LogP contribution in [0.2, 0.25) is 5.02 Å². The number of halogens is 1. The van der Waals surface area contributed by atoms with Crippen LogP contribution in [-0.4, -0.2) is 29.9 Å². The Morgan fingerprint density at radius 3 is 2.44 bits per heavy atom. The molecular weight excluding hydrogens is 360 g/mol. The second kappa shape index (κ2) is 9.34. The zero-order valence-electron chi connectivity index (χ0n) is 13.9. The fourth-order valence-electron chi connectivity index (χ4n) is 1.94. The summed E-state index contributed by atoms with van der Waals surface area (Å²) in [5, 5.41) is 5.62. The summed E-state index contributed by atoms with van der Waals surface area (Å²) >= 11 is 7.27. The molecule has 0 radical (unpaired) electrons. The molecule has 0 saturated heterocycles. The van der Waals surface area contributed by atoms with Crippen LogP contribution in [0.4, 0.5) is 11.4 Å². The van der Waals surface area contributed by atoms with Crippen molar-refractivity contribution in [2.45, 2.75) is 12.2 Å². The Hall–Kier alpha value is -2.18. The maximum atomic E-state index is 12.2. The lowest BCUT2D eigenvalue weighted by molar-refractivity contribution is -0.115. The second-order valence-corrected chi connectivity index (χ2v) is 6.94. The number of methoxy groups -OCH3 is 1. The summed E-state index contributed by atoms with van der Waals surface area (Å²) in [6, 6.07) is 14.1. The lowest BCUT2D eigenvalue weighted by Gasteiger charge is -2.13. The first-order chi connectivity index (χ1) is 12.0. The van der Waals surface area contributed by atoms with Crippen LogP contribution < -0.4 is 15.4 Å². The molecule has 0 spiro atoms. The number of carbonyl (C=O) groups excluding carboxylic acids is 2. The predicted molar refractivity (Wildman–Crippen MR) is 104 cm³/mol. The minimum Gasteiger partial charge on any atom is -0.497 e. The third-order valence-corrected chi connectivity index (χ3v) is 4.81. The number of hydrogen-bond acceptors (Lipinski definition) is 4. The normalized spacial score (nSPS) is 11.5. The molecule has 2 amide bonds. The van der Waals surface area contributed by atoms with E-state index in [1.807, 2.05) is 0 Å². The number of hydrogen-bond donors (Lipinski definition) is 2. The Bertz CT molecular complexity index is 737. The number of para-hydroxylation sites is 1. The molecule has 2 aromatic rings. The summed E-state index contributed by atoms with van der Waals surface area (Å²) in [6.45, 7) is 1.75. The van der Waals surface area contributed by atoms with Crippen molar-refractivity contribution in [1.82, 2.24) is 0 Å². The van der Waals surface area contributed by atoms with E-state index in [4.69, 9.17) is 16.3 Å². The predicted octanol–water partition coefficient (Wildman–Crippen LogP) is 4.05. The van der Waals surface area contributed by atoms with Crippen LogP contribution in [0, 0.1) is 0 Å². The van der Waals surface area contributed by atoms with Gasteiger partial charge in [-0.25, -0.2) is 0 Å². The number of thioether (sulfide) groups is 1. The van der Waals surface area contributed by atoms with Crippen molar-refractivity contribution in [3.63, 3.8) is 0 Å². The summed E-state index contributed by atoms with van der Waals surface area (Å²) in [5.74, 6) is 0.517. The largest absolute Gasteiger partial charge is 0.497 e. The third-order valence-electron chi connectivity index (χ3n) is 3.34. The highest BCUT2D eigenvalue weighted by Crippen LogP contribution is 2.22. The van der Waals surface area contributed by atoms with E-state index < -0.39 is 5.25 Å². The second-order valence-electron chi connectivity index (χ2n) is 5.20. The Kier molecular flexibility index (Phi) is 7.16. The van der Waals surface area contributed by atoms with Gasteiger partial charge >= 0.3 is 0 Å². The van der Waals surface area contributed by atoms with Gasteiger partial charge in [0.1, 0.15) is 5.75 Å². The molecule has 0 saturated carbocycles. The van der Waals surface area contributed by atoms with Crippen LogP contribution in [0.1, 0.15) is 6.92 Å². The smallest absolute Gasteiger partial charge is 0.237 e. The highest BCUT2D eigenvalue weighted by Gasteiger charge is 2.16. The van der Waals surface area contributed by atoms with Crippen LogP contribution in [0.3, 0.4) is 0 Å². The van der Waals surface area contributed by atoms with E-state index >= 15 is 0 Å². The van der Waals surface area contributed by atoms with Gasteiger partial charge in [0.05, 0.1) is 28.8 Å². The minimum absolute atomic E-state index is 0.170. The highest BCUT2D eigenvalue weighted by atomic mass is 35.5. The summed E-state index contributed by atoms with van der Waals surface area (Å²) in [7, 11) is 1.58. The quantitative estimate of drug-likeness (QED) is 0.762. The van der Waals surface area contributed by atoms with E-state index in [0.717, 1.165) is 5.75 Å². The molecule has 1 atom stereocenters. The molecule has 2 aromatic carbocycles. The molecule has 1 unspecified atom stereocenters. The van der Waals surface area contributed by atoms with Crippen molar-refractivity contribution in [3.05, 3.63) is 53.6 Å². The molecule has 0 heterocycles. The van der Waals surface area contributed by atoms with Gasteiger partial charge in [-0.1, -0.05) is 23.7 Å². The van der Waals surface area contributed by atoms with E-state index in [9.17, 15) is 9.59 Å². The first-order valence-corrected chi connectivity index (χ1v) is 9.03. The number of ether oxygens (including phenoxy) is 1. The number of carbonyl (C=O) groups is 2. The van der Waals surface area contributed by atoms with Gasteiger partial charge in [0.15, 0.2) is 0 Å². The first kappa shape index (κ1) is 19.1. The van der Waals surface area contributed by atoms with Crippen molar-refractivity contribution < 1.29 is 14.3 Å². The maximum absolute atomic E-state index is 12.2. The number of nitrogens with one attached hydrogen (secondary N) is 2. The Labute approximate surface area is 156 Å². The number of benzene rings is 2. The van der Waals surface area contributed by atoms with Gasteiger partial charge in [-0.05, 0) is 43.3 Å². The van der Waals surface area contributed by atoms with Gasteiger partial charge in [0.25, 0.3) is 0 Å². The monoisotopic (exact) mass is 378 g/mol. The fourth-order valence-corrected chi connectivity index (χ4v) is 2.81. The molecule has 2 N–H and O–H groups in total. The maximum Gasteiger partial charge on any atom is 0.237 e. The van der Waals surface area contributed by atoms with Gasteiger partial charge in [-0.15, -0.1) is 11.8 Å².